The van der Waals surface area contributed by atoms with Gasteiger partial charge in [-0.1, -0.05) is 0 Å². The first-order chi connectivity index (χ1) is 7.09. The van der Waals surface area contributed by atoms with Gasteiger partial charge in [-0.05, 0) is 45.4 Å². The number of carbonyl (C=O) groups is 1. The van der Waals surface area contributed by atoms with E-state index in [-0.39, 0.29) is 0 Å². The van der Waals surface area contributed by atoms with Crippen LogP contribution in [0.25, 0.3) is 0 Å². The van der Waals surface area contributed by atoms with Gasteiger partial charge in [0.2, 0.25) is 0 Å². The van der Waals surface area contributed by atoms with Gasteiger partial charge >= 0.3 is 5.97 Å². The van der Waals surface area contributed by atoms with Crippen LogP contribution < -0.4 is 11.1 Å². The Kier molecular flexibility index (Phi) is 5.01. The molecule has 0 radical (unpaired) electrons. The minimum Gasteiger partial charge on any atom is -0.480 e. The maximum absolute atomic E-state index is 10.5. The van der Waals surface area contributed by atoms with Gasteiger partial charge in [-0.15, -0.1) is 0 Å². The molecule has 1 aliphatic heterocycles. The van der Waals surface area contributed by atoms with Gasteiger partial charge in [0.05, 0.1) is 0 Å². The third-order valence-corrected chi connectivity index (χ3v) is 2.95. The van der Waals surface area contributed by atoms with E-state index in [4.69, 9.17) is 10.8 Å². The first kappa shape index (κ1) is 12.4. The molecule has 0 aromatic carbocycles. The van der Waals surface area contributed by atoms with Gasteiger partial charge in [0.15, 0.2) is 0 Å². The molecule has 1 heterocycles. The summed E-state index contributed by atoms with van der Waals surface area (Å²) in [6.45, 7) is 3.52. The minimum absolute atomic E-state index is 0.363. The van der Waals surface area contributed by atoms with Gasteiger partial charge in [0.1, 0.15) is 6.04 Å². The van der Waals surface area contributed by atoms with Crippen LogP contribution in [0.5, 0.6) is 0 Å². The molecule has 0 aromatic heterocycles. The molecule has 0 amide bonds. The molecule has 1 rings (SSSR count). The fourth-order valence-electron chi connectivity index (χ4n) is 1.80. The quantitative estimate of drug-likeness (QED) is 0.567. The Labute approximate surface area is 90.6 Å². The molecular weight excluding hydrogens is 194 g/mol. The van der Waals surface area contributed by atoms with Crippen molar-refractivity contribution in [2.75, 3.05) is 33.2 Å². The number of carboxylic acids is 1. The van der Waals surface area contributed by atoms with Crippen molar-refractivity contribution in [3.8, 4) is 0 Å². The molecule has 0 saturated carbocycles. The standard InChI is InChI=1S/C10H21N3O2/c1-13-4-2-8(3-5-13)6-12-7-9(11)10(14)15/h8-9,12H,2-7,11H2,1H3,(H,14,15). The molecule has 0 aliphatic carbocycles. The van der Waals surface area contributed by atoms with Crippen LogP contribution in [0.15, 0.2) is 0 Å². The molecule has 1 atom stereocenters. The minimum atomic E-state index is -0.939. The molecule has 0 bridgehead atoms. The second-order valence-electron chi connectivity index (χ2n) is 4.35. The first-order valence-corrected chi connectivity index (χ1v) is 5.47. The van der Waals surface area contributed by atoms with Crippen LogP contribution in [0, 0.1) is 5.92 Å². The molecule has 88 valence electrons. The molecule has 0 spiro atoms. The number of rotatable bonds is 5. The SMILES string of the molecule is CN1CCC(CNCC(N)C(=O)O)CC1. The number of hydrogen-bond acceptors (Lipinski definition) is 4. The van der Waals surface area contributed by atoms with Crippen LogP contribution in [-0.2, 0) is 4.79 Å². The van der Waals surface area contributed by atoms with Crippen molar-refractivity contribution in [3.05, 3.63) is 0 Å². The third-order valence-electron chi connectivity index (χ3n) is 2.95. The number of nitrogens with one attached hydrogen (secondary N) is 1. The number of aliphatic carboxylic acids is 1. The molecule has 4 N–H and O–H groups in total. The maximum atomic E-state index is 10.5. The fourth-order valence-corrected chi connectivity index (χ4v) is 1.80. The highest BCUT2D eigenvalue weighted by Gasteiger charge is 2.17. The second kappa shape index (κ2) is 6.05. The Hall–Kier alpha value is -0.650. The molecule has 1 aliphatic rings. The predicted octanol–water partition coefficient (Wildman–Crippen LogP) is -0.670. The molecule has 5 nitrogen and oxygen atoms in total. The number of piperidine rings is 1. The Balaban J connectivity index is 2.07. The van der Waals surface area contributed by atoms with E-state index < -0.39 is 12.0 Å². The number of likely N-dealkylation sites (tertiary alicyclic amines) is 1. The summed E-state index contributed by atoms with van der Waals surface area (Å²) in [5.74, 6) is -0.270. The summed E-state index contributed by atoms with van der Waals surface area (Å²) in [7, 11) is 2.13. The Morgan fingerprint density at radius 3 is 2.73 bits per heavy atom. The van der Waals surface area contributed by atoms with Crippen molar-refractivity contribution in [1.29, 1.82) is 0 Å². The van der Waals surface area contributed by atoms with Crippen molar-refractivity contribution in [2.45, 2.75) is 18.9 Å². The zero-order valence-corrected chi connectivity index (χ0v) is 9.28. The van der Waals surface area contributed by atoms with E-state index in [0.717, 1.165) is 19.6 Å². The average molecular weight is 215 g/mol. The summed E-state index contributed by atoms with van der Waals surface area (Å²) in [5, 5.41) is 11.7. The summed E-state index contributed by atoms with van der Waals surface area (Å²) in [6, 6.07) is -0.781. The van der Waals surface area contributed by atoms with E-state index in [1.165, 1.54) is 12.8 Å². The van der Waals surface area contributed by atoms with Crippen LogP contribution in [0.1, 0.15) is 12.8 Å². The maximum Gasteiger partial charge on any atom is 0.321 e. The lowest BCUT2D eigenvalue weighted by atomic mass is 9.97. The van der Waals surface area contributed by atoms with Gasteiger partial charge in [0, 0.05) is 6.54 Å². The normalized spacial score (nSPS) is 21.5. The second-order valence-corrected chi connectivity index (χ2v) is 4.35. The number of carboxylic acid groups (broad SMARTS) is 1. The van der Waals surface area contributed by atoms with Crippen molar-refractivity contribution in [3.63, 3.8) is 0 Å². The van der Waals surface area contributed by atoms with E-state index in [2.05, 4.69) is 17.3 Å². The Morgan fingerprint density at radius 1 is 1.60 bits per heavy atom. The zero-order valence-electron chi connectivity index (χ0n) is 9.28. The van der Waals surface area contributed by atoms with Crippen LogP contribution in [-0.4, -0.2) is 55.2 Å². The average Bonchev–Trinajstić information content (AvgIpc) is 2.20. The van der Waals surface area contributed by atoms with Crippen LogP contribution in [0.2, 0.25) is 0 Å². The van der Waals surface area contributed by atoms with Crippen molar-refractivity contribution in [2.24, 2.45) is 11.7 Å². The van der Waals surface area contributed by atoms with Gasteiger partial charge in [-0.3, -0.25) is 4.79 Å². The van der Waals surface area contributed by atoms with Crippen LogP contribution in [0.4, 0.5) is 0 Å². The largest absolute Gasteiger partial charge is 0.480 e. The Morgan fingerprint density at radius 2 is 2.20 bits per heavy atom. The number of hydrogen-bond donors (Lipinski definition) is 3. The van der Waals surface area contributed by atoms with Crippen molar-refractivity contribution in [1.82, 2.24) is 10.2 Å². The number of nitrogens with zero attached hydrogens (tertiary/aromatic N) is 1. The lowest BCUT2D eigenvalue weighted by Crippen LogP contribution is -2.43. The highest BCUT2D eigenvalue weighted by molar-refractivity contribution is 5.73. The summed E-state index contributed by atoms with van der Waals surface area (Å²) in [5.41, 5.74) is 5.38. The monoisotopic (exact) mass is 215 g/mol. The van der Waals surface area contributed by atoms with Crippen molar-refractivity contribution >= 4 is 5.97 Å². The van der Waals surface area contributed by atoms with Gasteiger partial charge < -0.3 is 21.1 Å². The molecular formula is C10H21N3O2. The Bertz CT molecular complexity index is 203. The predicted molar refractivity (Wildman–Crippen MR) is 58.7 cm³/mol. The third kappa shape index (κ3) is 4.59. The molecule has 1 unspecified atom stereocenters. The lowest BCUT2D eigenvalue weighted by Gasteiger charge is -2.29. The molecule has 0 aromatic rings. The van der Waals surface area contributed by atoms with Crippen molar-refractivity contribution < 1.29 is 9.90 Å². The van der Waals surface area contributed by atoms with E-state index in [1.54, 1.807) is 0 Å². The first-order valence-electron chi connectivity index (χ1n) is 5.47. The summed E-state index contributed by atoms with van der Waals surface area (Å²) >= 11 is 0. The smallest absolute Gasteiger partial charge is 0.321 e. The van der Waals surface area contributed by atoms with E-state index in [0.29, 0.717) is 12.5 Å². The summed E-state index contributed by atoms with van der Waals surface area (Å²) in [4.78, 5) is 12.8. The van der Waals surface area contributed by atoms with E-state index >= 15 is 0 Å². The molecule has 5 heteroatoms. The summed E-state index contributed by atoms with van der Waals surface area (Å²) in [6.07, 6.45) is 2.37. The summed E-state index contributed by atoms with van der Waals surface area (Å²) < 4.78 is 0. The van der Waals surface area contributed by atoms with Gasteiger partial charge in [0.25, 0.3) is 0 Å². The molecule has 1 fully saturated rings. The van der Waals surface area contributed by atoms with Gasteiger partial charge in [-0.25, -0.2) is 0 Å². The van der Waals surface area contributed by atoms with Crippen LogP contribution >= 0.6 is 0 Å². The highest BCUT2D eigenvalue weighted by atomic mass is 16.4. The topological polar surface area (TPSA) is 78.6 Å². The molecule has 15 heavy (non-hydrogen) atoms. The number of nitrogens with two attached hydrogens (primary N) is 1. The fraction of sp³-hybridized carbons (Fsp3) is 0.900. The molecule has 1 saturated heterocycles. The van der Waals surface area contributed by atoms with Crippen LogP contribution in [0.3, 0.4) is 0 Å². The van der Waals surface area contributed by atoms with Gasteiger partial charge in [-0.2, -0.15) is 0 Å². The highest BCUT2D eigenvalue weighted by Crippen LogP contribution is 2.14. The van der Waals surface area contributed by atoms with E-state index in [1.807, 2.05) is 0 Å². The van der Waals surface area contributed by atoms with E-state index in [9.17, 15) is 4.79 Å². The lowest BCUT2D eigenvalue weighted by molar-refractivity contribution is -0.138. The zero-order chi connectivity index (χ0) is 11.3.